The molecule has 4 rings (SSSR count). The summed E-state index contributed by atoms with van der Waals surface area (Å²) in [4.78, 5) is 33.9. The van der Waals surface area contributed by atoms with Crippen molar-refractivity contribution in [2.24, 2.45) is 0 Å². The van der Waals surface area contributed by atoms with E-state index >= 15 is 0 Å². The van der Waals surface area contributed by atoms with Crippen LogP contribution in [0.3, 0.4) is 0 Å². The number of fused-ring (bicyclic) bond motifs is 1. The van der Waals surface area contributed by atoms with Crippen LogP contribution in [0.2, 0.25) is 5.02 Å². The Kier molecular flexibility index (Phi) is 7.88. The summed E-state index contributed by atoms with van der Waals surface area (Å²) >= 11 is 5.58. The number of anilines is 1. The van der Waals surface area contributed by atoms with Crippen molar-refractivity contribution < 1.29 is 36.6 Å². The fourth-order valence-corrected chi connectivity index (χ4v) is 3.68. The van der Waals surface area contributed by atoms with E-state index in [1.807, 2.05) is 0 Å². The molecule has 7 nitrogen and oxygen atoms in total. The van der Waals surface area contributed by atoms with E-state index in [1.165, 1.54) is 31.5 Å². The van der Waals surface area contributed by atoms with Gasteiger partial charge in [-0.15, -0.1) is 0 Å². The van der Waals surface area contributed by atoms with Crippen LogP contribution in [0.4, 0.5) is 23.2 Å². The zero-order valence-electron chi connectivity index (χ0n) is 19.6. The van der Waals surface area contributed by atoms with Gasteiger partial charge in [0, 0.05) is 23.9 Å². The van der Waals surface area contributed by atoms with E-state index in [9.17, 15) is 27.2 Å². The topological polar surface area (TPSA) is 90.4 Å². The van der Waals surface area contributed by atoms with Crippen molar-refractivity contribution in [3.8, 4) is 5.88 Å². The van der Waals surface area contributed by atoms with Gasteiger partial charge in [0.05, 0.1) is 40.0 Å². The first-order chi connectivity index (χ1) is 18.1. The second kappa shape index (κ2) is 11.1. The minimum atomic E-state index is -4.76. The number of methoxy groups -OCH3 is 1. The van der Waals surface area contributed by atoms with Gasteiger partial charge in [-0.1, -0.05) is 11.6 Å². The molecule has 12 heteroatoms. The molecule has 0 saturated heterocycles. The molecule has 0 saturated carbocycles. The number of nitrogens with one attached hydrogen (secondary N) is 1. The molecular weight excluding hydrogens is 530 g/mol. The first-order valence-electron chi connectivity index (χ1n) is 11.0. The number of nitrogens with zero attached hydrogens (tertiary/aromatic N) is 2. The highest BCUT2D eigenvalue weighted by atomic mass is 35.5. The quantitative estimate of drug-likeness (QED) is 0.167. The van der Waals surface area contributed by atoms with E-state index in [-0.39, 0.29) is 34.9 Å². The van der Waals surface area contributed by atoms with E-state index in [4.69, 9.17) is 21.1 Å². The molecule has 0 unspecified atom stereocenters. The summed E-state index contributed by atoms with van der Waals surface area (Å²) in [6.07, 6.45) is -3.32. The molecule has 38 heavy (non-hydrogen) atoms. The number of amides is 1. The molecule has 196 valence electrons. The molecule has 1 heterocycles. The van der Waals surface area contributed by atoms with Crippen LogP contribution in [-0.2, 0) is 10.9 Å². The second-order valence-corrected chi connectivity index (χ2v) is 8.33. The largest absolute Gasteiger partial charge is 0.474 e. The molecule has 0 spiro atoms. The molecule has 1 N–H and O–H groups in total. The number of carbonyl (C=O) groups excluding carboxylic acids is 2. The maximum absolute atomic E-state index is 14.9. The molecular formula is C26H18ClF4N3O4. The van der Waals surface area contributed by atoms with Crippen molar-refractivity contribution in [1.29, 1.82) is 0 Å². The molecule has 0 bridgehead atoms. The lowest BCUT2D eigenvalue weighted by Crippen LogP contribution is -2.15. The van der Waals surface area contributed by atoms with Gasteiger partial charge in [-0.05, 0) is 54.6 Å². The number of hydrogen-bond acceptors (Lipinski definition) is 6. The van der Waals surface area contributed by atoms with Gasteiger partial charge in [-0.25, -0.2) is 14.4 Å². The first kappa shape index (κ1) is 27.0. The Balaban J connectivity index is 1.53. The van der Waals surface area contributed by atoms with Gasteiger partial charge in [0.2, 0.25) is 5.88 Å². The van der Waals surface area contributed by atoms with E-state index < -0.39 is 34.3 Å². The summed E-state index contributed by atoms with van der Waals surface area (Å²) in [7, 11) is 1.53. The lowest BCUT2D eigenvalue weighted by Gasteiger charge is -2.12. The minimum absolute atomic E-state index is 0.0604. The highest BCUT2D eigenvalue weighted by Crippen LogP contribution is 2.35. The Morgan fingerprint density at radius 2 is 1.74 bits per heavy atom. The van der Waals surface area contributed by atoms with Crippen molar-refractivity contribution in [2.75, 3.05) is 25.6 Å². The van der Waals surface area contributed by atoms with Crippen LogP contribution < -0.4 is 10.1 Å². The predicted octanol–water partition coefficient (Wildman–Crippen LogP) is 5.95. The average molecular weight is 548 g/mol. The zero-order chi connectivity index (χ0) is 27.4. The molecule has 0 fully saturated rings. The van der Waals surface area contributed by atoms with E-state index in [1.54, 1.807) is 6.07 Å². The smallest absolute Gasteiger partial charge is 0.417 e. The number of ether oxygens (including phenoxy) is 2. The van der Waals surface area contributed by atoms with Gasteiger partial charge >= 0.3 is 6.18 Å². The van der Waals surface area contributed by atoms with Crippen LogP contribution in [-0.4, -0.2) is 42.0 Å². The van der Waals surface area contributed by atoms with Crippen LogP contribution in [0.25, 0.3) is 11.0 Å². The lowest BCUT2D eigenvalue weighted by molar-refractivity contribution is -0.137. The molecule has 0 aliphatic heterocycles. The van der Waals surface area contributed by atoms with Crippen molar-refractivity contribution in [2.45, 2.75) is 6.18 Å². The number of hydrogen-bond donors (Lipinski definition) is 1. The number of ketones is 1. The van der Waals surface area contributed by atoms with Crippen molar-refractivity contribution in [1.82, 2.24) is 9.97 Å². The molecule has 3 aromatic carbocycles. The maximum Gasteiger partial charge on any atom is 0.417 e. The van der Waals surface area contributed by atoms with Gasteiger partial charge < -0.3 is 14.8 Å². The fourth-order valence-electron chi connectivity index (χ4n) is 3.45. The Morgan fingerprint density at radius 1 is 0.974 bits per heavy atom. The third-order valence-electron chi connectivity index (χ3n) is 5.33. The van der Waals surface area contributed by atoms with Gasteiger partial charge in [-0.2, -0.15) is 13.2 Å². The van der Waals surface area contributed by atoms with Gasteiger partial charge in [0.25, 0.3) is 5.91 Å². The standard InChI is InChI=1S/C26H18ClF4N3O4/c1-37-8-9-38-23-13-32-21-7-3-14(11-22(21)34-23)24(35)17-5-4-16(12-20(17)28)33-25(36)15-2-6-19(27)18(10-15)26(29,30)31/h2-7,10-13H,8-9H2,1H3,(H,33,36). The summed E-state index contributed by atoms with van der Waals surface area (Å²) in [6, 6.07) is 10.5. The first-order valence-corrected chi connectivity index (χ1v) is 11.4. The Morgan fingerprint density at radius 3 is 2.45 bits per heavy atom. The molecule has 4 aromatic rings. The van der Waals surface area contributed by atoms with Gasteiger partial charge in [0.1, 0.15) is 12.4 Å². The number of rotatable bonds is 8. The number of alkyl halides is 3. The second-order valence-electron chi connectivity index (χ2n) is 7.92. The zero-order valence-corrected chi connectivity index (χ0v) is 20.4. The van der Waals surface area contributed by atoms with Gasteiger partial charge in [-0.3, -0.25) is 9.59 Å². The lowest BCUT2D eigenvalue weighted by atomic mass is 10.0. The third kappa shape index (κ3) is 6.06. The van der Waals surface area contributed by atoms with Gasteiger partial charge in [0.15, 0.2) is 5.78 Å². The summed E-state index contributed by atoms with van der Waals surface area (Å²) in [5.41, 5.74) is -0.857. The third-order valence-corrected chi connectivity index (χ3v) is 5.65. The average Bonchev–Trinajstić information content (AvgIpc) is 2.87. The normalized spacial score (nSPS) is 11.4. The van der Waals surface area contributed by atoms with Crippen LogP contribution in [0.15, 0.2) is 60.8 Å². The Labute approximate surface area is 218 Å². The summed E-state index contributed by atoms with van der Waals surface area (Å²) in [5.74, 6) is -2.28. The molecule has 0 aliphatic rings. The number of halogens is 5. The van der Waals surface area contributed by atoms with Crippen molar-refractivity contribution in [3.05, 3.63) is 93.9 Å². The molecule has 0 radical (unpaired) electrons. The maximum atomic E-state index is 14.9. The number of carbonyl (C=O) groups is 2. The van der Waals surface area contributed by atoms with E-state index in [0.717, 1.165) is 24.3 Å². The minimum Gasteiger partial charge on any atom is -0.474 e. The highest BCUT2D eigenvalue weighted by molar-refractivity contribution is 6.31. The molecule has 1 amide bonds. The summed E-state index contributed by atoms with van der Waals surface area (Å²) in [6.45, 7) is 0.604. The molecule has 1 aromatic heterocycles. The fraction of sp³-hybridized carbons (Fsp3) is 0.154. The highest BCUT2D eigenvalue weighted by Gasteiger charge is 2.33. The summed E-state index contributed by atoms with van der Waals surface area (Å²) in [5, 5.41) is 1.75. The van der Waals surface area contributed by atoms with Crippen LogP contribution in [0.5, 0.6) is 5.88 Å². The van der Waals surface area contributed by atoms with E-state index in [0.29, 0.717) is 23.7 Å². The number of benzene rings is 3. The Bertz CT molecular complexity index is 1530. The van der Waals surface area contributed by atoms with E-state index in [2.05, 4.69) is 15.3 Å². The van der Waals surface area contributed by atoms with Crippen molar-refractivity contribution in [3.63, 3.8) is 0 Å². The van der Waals surface area contributed by atoms with Crippen LogP contribution in [0.1, 0.15) is 31.8 Å². The van der Waals surface area contributed by atoms with Crippen LogP contribution in [0, 0.1) is 5.82 Å². The monoisotopic (exact) mass is 547 g/mol. The summed E-state index contributed by atoms with van der Waals surface area (Å²) < 4.78 is 64.5. The van der Waals surface area contributed by atoms with Crippen LogP contribution >= 0.6 is 11.6 Å². The number of aromatic nitrogens is 2. The Hall–Kier alpha value is -4.09. The SMILES string of the molecule is COCCOc1cnc2ccc(C(=O)c3ccc(NC(=O)c4ccc(Cl)c(C(F)(F)F)c4)cc3F)cc2n1. The molecule has 0 aliphatic carbocycles. The predicted molar refractivity (Wildman–Crippen MR) is 131 cm³/mol. The van der Waals surface area contributed by atoms with Crippen molar-refractivity contribution >= 4 is 40.0 Å². The molecule has 0 atom stereocenters.